The number of carbonyl (C=O) groups is 1. The first kappa shape index (κ1) is 12.3. The molecule has 0 unspecified atom stereocenters. The Balaban J connectivity index is 2.18. The summed E-state index contributed by atoms with van der Waals surface area (Å²) in [5, 5.41) is 3.93. The maximum Gasteiger partial charge on any atom is 0.427 e. The zero-order valence-electron chi connectivity index (χ0n) is 9.90. The summed E-state index contributed by atoms with van der Waals surface area (Å²) in [6.45, 7) is 2.42. The van der Waals surface area contributed by atoms with E-state index in [-0.39, 0.29) is 12.4 Å². The third-order valence-electron chi connectivity index (χ3n) is 2.41. The summed E-state index contributed by atoms with van der Waals surface area (Å²) in [6.07, 6.45) is -0.127. The highest BCUT2D eigenvalue weighted by Gasteiger charge is 2.17. The molecule has 5 nitrogen and oxygen atoms in total. The van der Waals surface area contributed by atoms with Crippen LogP contribution in [0.25, 0.3) is 0 Å². The number of hydrogen-bond donors (Lipinski definition) is 1. The molecule has 0 aromatic heterocycles. The first-order valence-corrected chi connectivity index (χ1v) is 5.62. The lowest BCUT2D eigenvalue weighted by molar-refractivity contribution is 0.152. The predicted molar refractivity (Wildman–Crippen MR) is 63.2 cm³/mol. The molecule has 0 atom stereocenters. The lowest BCUT2D eigenvalue weighted by atomic mass is 10.0. The van der Waals surface area contributed by atoms with Crippen LogP contribution < -0.4 is 10.2 Å². The largest absolute Gasteiger partial charge is 0.492 e. The number of fused-ring (bicyclic) bond motifs is 1. The summed E-state index contributed by atoms with van der Waals surface area (Å²) in [5.74, 6) is 0.190. The first-order valence-electron chi connectivity index (χ1n) is 5.62. The Hall–Kier alpha value is -2.11. The molecule has 0 saturated heterocycles. The van der Waals surface area contributed by atoms with Gasteiger partial charge in [0, 0.05) is 12.0 Å². The summed E-state index contributed by atoms with van der Waals surface area (Å²) >= 11 is 0. The zero-order chi connectivity index (χ0) is 13.0. The minimum Gasteiger partial charge on any atom is -0.492 e. The highest BCUT2D eigenvalue weighted by molar-refractivity contribution is 6.04. The molecule has 1 aliphatic heterocycles. The van der Waals surface area contributed by atoms with Crippen molar-refractivity contribution in [1.82, 2.24) is 5.43 Å². The number of ether oxygens (including phenoxy) is 2. The fourth-order valence-corrected chi connectivity index (χ4v) is 1.64. The molecule has 0 aliphatic carbocycles. The van der Waals surface area contributed by atoms with Crippen molar-refractivity contribution in [3.8, 4) is 5.75 Å². The number of benzene rings is 1. The smallest absolute Gasteiger partial charge is 0.427 e. The normalized spacial score (nSPS) is 15.8. The molecule has 0 fully saturated rings. The van der Waals surface area contributed by atoms with Crippen molar-refractivity contribution in [3.05, 3.63) is 29.6 Å². The van der Waals surface area contributed by atoms with Gasteiger partial charge in [-0.3, -0.25) is 0 Å². The second-order valence-corrected chi connectivity index (χ2v) is 3.63. The third-order valence-corrected chi connectivity index (χ3v) is 2.41. The van der Waals surface area contributed by atoms with E-state index in [1.54, 1.807) is 13.0 Å². The van der Waals surface area contributed by atoms with Gasteiger partial charge >= 0.3 is 6.09 Å². The molecule has 0 bridgehead atoms. The second kappa shape index (κ2) is 5.48. The van der Waals surface area contributed by atoms with Crippen molar-refractivity contribution in [2.45, 2.75) is 13.3 Å². The van der Waals surface area contributed by atoms with Gasteiger partial charge in [-0.2, -0.15) is 5.10 Å². The fraction of sp³-hybridized carbons (Fsp3) is 0.333. The maximum atomic E-state index is 13.2. The average Bonchev–Trinajstić information content (AvgIpc) is 2.36. The van der Waals surface area contributed by atoms with Crippen LogP contribution in [0.4, 0.5) is 9.18 Å². The van der Waals surface area contributed by atoms with E-state index >= 15 is 0 Å². The van der Waals surface area contributed by atoms with E-state index in [0.717, 1.165) is 0 Å². The summed E-state index contributed by atoms with van der Waals surface area (Å²) in [6, 6.07) is 4.20. The summed E-state index contributed by atoms with van der Waals surface area (Å²) < 4.78 is 23.2. The van der Waals surface area contributed by atoms with Gasteiger partial charge in [-0.1, -0.05) is 0 Å². The van der Waals surface area contributed by atoms with Gasteiger partial charge in [0.15, 0.2) is 0 Å². The Morgan fingerprint density at radius 2 is 2.44 bits per heavy atom. The number of rotatable bonds is 2. The number of carbonyl (C=O) groups excluding carboxylic acids is 1. The van der Waals surface area contributed by atoms with Crippen molar-refractivity contribution >= 4 is 11.8 Å². The van der Waals surface area contributed by atoms with Gasteiger partial charge in [0.2, 0.25) is 0 Å². The Morgan fingerprint density at radius 3 is 3.22 bits per heavy atom. The SMILES string of the molecule is CCOC(=O)NN=C1CCOc2ccc(F)cc21. The standard InChI is InChI=1S/C12H13FN2O3/c1-2-17-12(16)15-14-10-5-6-18-11-4-3-8(13)7-9(10)11/h3-4,7H,2,5-6H2,1H3,(H,15,16). The lowest BCUT2D eigenvalue weighted by Gasteiger charge is -2.18. The van der Waals surface area contributed by atoms with Crippen LogP contribution in [0.2, 0.25) is 0 Å². The predicted octanol–water partition coefficient (Wildman–Crippen LogP) is 2.06. The quantitative estimate of drug-likeness (QED) is 0.819. The second-order valence-electron chi connectivity index (χ2n) is 3.63. The maximum absolute atomic E-state index is 13.2. The Bertz CT molecular complexity index is 488. The molecular formula is C12H13FN2O3. The van der Waals surface area contributed by atoms with Crippen molar-refractivity contribution < 1.29 is 18.7 Å². The van der Waals surface area contributed by atoms with E-state index in [0.29, 0.717) is 30.1 Å². The molecule has 0 radical (unpaired) electrons. The van der Waals surface area contributed by atoms with Gasteiger partial charge in [0.05, 0.1) is 18.9 Å². The molecule has 18 heavy (non-hydrogen) atoms. The molecule has 1 heterocycles. The van der Waals surface area contributed by atoms with Gasteiger partial charge in [0.1, 0.15) is 11.6 Å². The minimum atomic E-state index is -0.630. The molecule has 1 N–H and O–H groups in total. The van der Waals surface area contributed by atoms with Crippen LogP contribution in [0.1, 0.15) is 18.9 Å². The Labute approximate surface area is 104 Å². The van der Waals surface area contributed by atoms with E-state index in [2.05, 4.69) is 15.3 Å². The number of nitrogens with one attached hydrogen (secondary N) is 1. The molecule has 0 spiro atoms. The van der Waals surface area contributed by atoms with Crippen LogP contribution in [0, 0.1) is 5.82 Å². The van der Waals surface area contributed by atoms with Crippen LogP contribution in [0.5, 0.6) is 5.75 Å². The lowest BCUT2D eigenvalue weighted by Crippen LogP contribution is -2.24. The minimum absolute atomic E-state index is 0.269. The van der Waals surface area contributed by atoms with Crippen molar-refractivity contribution in [2.24, 2.45) is 5.10 Å². The molecule has 0 saturated carbocycles. The number of halogens is 1. The molecule has 1 amide bonds. The van der Waals surface area contributed by atoms with Crippen LogP contribution in [-0.4, -0.2) is 25.0 Å². The molecule has 1 aromatic carbocycles. The highest BCUT2D eigenvalue weighted by Crippen LogP contribution is 2.25. The van der Waals surface area contributed by atoms with Crippen molar-refractivity contribution in [1.29, 1.82) is 0 Å². The van der Waals surface area contributed by atoms with Gasteiger partial charge in [-0.05, 0) is 25.1 Å². The number of amides is 1. The van der Waals surface area contributed by atoms with Crippen molar-refractivity contribution in [3.63, 3.8) is 0 Å². The summed E-state index contributed by atoms with van der Waals surface area (Å²) in [4.78, 5) is 11.1. The Morgan fingerprint density at radius 1 is 1.61 bits per heavy atom. The molecule has 96 valence electrons. The Kier molecular flexibility index (Phi) is 3.76. The summed E-state index contributed by atoms with van der Waals surface area (Å²) in [5.41, 5.74) is 3.39. The van der Waals surface area contributed by atoms with E-state index in [1.165, 1.54) is 12.1 Å². The van der Waals surface area contributed by atoms with E-state index in [1.807, 2.05) is 0 Å². The molecule has 2 rings (SSSR count). The number of hydrogen-bond acceptors (Lipinski definition) is 4. The fourth-order valence-electron chi connectivity index (χ4n) is 1.64. The molecular weight excluding hydrogens is 239 g/mol. The molecule has 6 heteroatoms. The third kappa shape index (κ3) is 2.77. The van der Waals surface area contributed by atoms with E-state index < -0.39 is 6.09 Å². The molecule has 1 aromatic rings. The van der Waals surface area contributed by atoms with Gasteiger partial charge in [0.25, 0.3) is 0 Å². The monoisotopic (exact) mass is 252 g/mol. The van der Waals surface area contributed by atoms with Crippen molar-refractivity contribution in [2.75, 3.05) is 13.2 Å². The van der Waals surface area contributed by atoms with Gasteiger partial charge in [-0.25, -0.2) is 14.6 Å². The van der Waals surface area contributed by atoms with E-state index in [4.69, 9.17) is 4.74 Å². The van der Waals surface area contributed by atoms with Crippen LogP contribution >= 0.6 is 0 Å². The molecule has 1 aliphatic rings. The number of hydrazone groups is 1. The van der Waals surface area contributed by atoms with Gasteiger partial charge in [-0.15, -0.1) is 0 Å². The zero-order valence-corrected chi connectivity index (χ0v) is 9.90. The summed E-state index contributed by atoms with van der Waals surface area (Å²) in [7, 11) is 0. The highest BCUT2D eigenvalue weighted by atomic mass is 19.1. The first-order chi connectivity index (χ1) is 8.70. The van der Waals surface area contributed by atoms with Crippen LogP contribution in [-0.2, 0) is 4.74 Å². The van der Waals surface area contributed by atoms with E-state index in [9.17, 15) is 9.18 Å². The number of nitrogens with zero attached hydrogens (tertiary/aromatic N) is 1. The van der Waals surface area contributed by atoms with Crippen LogP contribution in [0.15, 0.2) is 23.3 Å². The van der Waals surface area contributed by atoms with Gasteiger partial charge < -0.3 is 9.47 Å². The van der Waals surface area contributed by atoms with Crippen LogP contribution in [0.3, 0.4) is 0 Å². The topological polar surface area (TPSA) is 59.9 Å². The average molecular weight is 252 g/mol.